The second-order valence-electron chi connectivity index (χ2n) is 12.8. The Morgan fingerprint density at radius 1 is 0.408 bits per heavy atom. The lowest BCUT2D eigenvalue weighted by Crippen LogP contribution is -2.32. The first kappa shape index (κ1) is 27.7. The Bertz CT molecular complexity index is 2530. The van der Waals surface area contributed by atoms with Gasteiger partial charge in [-0.3, -0.25) is 0 Å². The van der Waals surface area contributed by atoms with Gasteiger partial charge in [0.05, 0.1) is 11.1 Å². The van der Waals surface area contributed by atoms with Gasteiger partial charge in [-0.1, -0.05) is 152 Å². The zero-order valence-corrected chi connectivity index (χ0v) is 26.8. The largest absolute Gasteiger partial charge is 0.456 e. The van der Waals surface area contributed by atoms with Gasteiger partial charge in [0.1, 0.15) is 11.5 Å². The van der Waals surface area contributed by atoms with Crippen LogP contribution >= 0.6 is 0 Å². The zero-order chi connectivity index (χ0) is 32.4. The van der Waals surface area contributed by atoms with E-state index < -0.39 is 5.41 Å². The number of ether oxygens (including phenoxy) is 1. The van der Waals surface area contributed by atoms with Crippen molar-refractivity contribution in [2.45, 2.75) is 5.41 Å². The molecule has 49 heavy (non-hydrogen) atoms. The number of rotatable bonds is 4. The Labute approximate surface area is 286 Å². The van der Waals surface area contributed by atoms with Crippen molar-refractivity contribution in [1.82, 2.24) is 0 Å². The summed E-state index contributed by atoms with van der Waals surface area (Å²) < 4.78 is 6.93. The van der Waals surface area contributed by atoms with Gasteiger partial charge in [0.2, 0.25) is 0 Å². The van der Waals surface area contributed by atoms with E-state index in [2.05, 4.69) is 193 Å². The molecule has 8 aromatic rings. The van der Waals surface area contributed by atoms with E-state index in [1.54, 1.807) is 0 Å². The first-order valence-electron chi connectivity index (χ1n) is 16.9. The lowest BCUT2D eigenvalue weighted by Gasteiger charge is -2.40. The van der Waals surface area contributed by atoms with Crippen molar-refractivity contribution in [2.24, 2.45) is 0 Å². The van der Waals surface area contributed by atoms with E-state index in [4.69, 9.17) is 4.74 Å². The van der Waals surface area contributed by atoms with Gasteiger partial charge in [0.25, 0.3) is 0 Å². The minimum absolute atomic E-state index is 0.585. The second-order valence-corrected chi connectivity index (χ2v) is 12.8. The number of benzene rings is 8. The Kier molecular flexibility index (Phi) is 6.13. The number of fused-ring (bicyclic) bond motifs is 10. The van der Waals surface area contributed by atoms with E-state index >= 15 is 0 Å². The summed E-state index contributed by atoms with van der Waals surface area (Å²) in [4.78, 5) is 2.41. The average Bonchev–Trinajstić information content (AvgIpc) is 3.46. The highest BCUT2D eigenvalue weighted by Crippen LogP contribution is 2.63. The molecule has 230 valence electrons. The molecule has 0 saturated heterocycles. The Balaban J connectivity index is 1.30. The molecule has 1 spiro atoms. The van der Waals surface area contributed by atoms with Crippen LogP contribution in [0.2, 0.25) is 0 Å². The summed E-state index contributed by atoms with van der Waals surface area (Å²) in [5.41, 5.74) is 12.4. The smallest absolute Gasteiger partial charge is 0.140 e. The fourth-order valence-corrected chi connectivity index (χ4v) is 8.30. The van der Waals surface area contributed by atoms with E-state index in [9.17, 15) is 0 Å². The van der Waals surface area contributed by atoms with E-state index in [1.165, 1.54) is 33.0 Å². The number of para-hydroxylation sites is 3. The topological polar surface area (TPSA) is 12.5 Å². The van der Waals surface area contributed by atoms with Gasteiger partial charge in [0, 0.05) is 33.5 Å². The summed E-state index contributed by atoms with van der Waals surface area (Å²) in [6.45, 7) is 0. The monoisotopic (exact) mass is 625 g/mol. The van der Waals surface area contributed by atoms with Gasteiger partial charge >= 0.3 is 0 Å². The molecule has 0 amide bonds. The quantitative estimate of drug-likeness (QED) is 0.193. The molecule has 1 aliphatic carbocycles. The van der Waals surface area contributed by atoms with Gasteiger partial charge < -0.3 is 9.64 Å². The van der Waals surface area contributed by atoms with Gasteiger partial charge in [-0.05, 0) is 69.6 Å². The summed E-state index contributed by atoms with van der Waals surface area (Å²) in [7, 11) is 0. The molecule has 10 rings (SSSR count). The molecular formula is C47H31NO. The third-order valence-electron chi connectivity index (χ3n) is 10.3. The highest BCUT2D eigenvalue weighted by Gasteiger charge is 2.51. The van der Waals surface area contributed by atoms with E-state index in [0.717, 1.165) is 50.8 Å². The third kappa shape index (κ3) is 4.01. The summed E-state index contributed by atoms with van der Waals surface area (Å²) >= 11 is 0. The first-order chi connectivity index (χ1) is 24.3. The van der Waals surface area contributed by atoms with Gasteiger partial charge in [0.15, 0.2) is 0 Å². The molecule has 0 bridgehead atoms. The van der Waals surface area contributed by atoms with Crippen LogP contribution in [0.25, 0.3) is 33.0 Å². The molecule has 0 fully saturated rings. The van der Waals surface area contributed by atoms with Crippen LogP contribution in [0, 0.1) is 0 Å². The predicted molar refractivity (Wildman–Crippen MR) is 201 cm³/mol. The number of hydrogen-bond donors (Lipinski definition) is 0. The van der Waals surface area contributed by atoms with Crippen LogP contribution in [0.1, 0.15) is 22.3 Å². The van der Waals surface area contributed by atoms with Crippen molar-refractivity contribution in [2.75, 3.05) is 4.90 Å². The number of nitrogens with zero attached hydrogens (tertiary/aromatic N) is 1. The molecule has 0 N–H and O–H groups in total. The number of anilines is 3. The van der Waals surface area contributed by atoms with Crippen LogP contribution < -0.4 is 9.64 Å². The minimum atomic E-state index is -0.585. The van der Waals surface area contributed by atoms with Crippen LogP contribution in [-0.2, 0) is 5.41 Å². The highest BCUT2D eigenvalue weighted by molar-refractivity contribution is 6.00. The minimum Gasteiger partial charge on any atom is -0.456 e. The SMILES string of the molecule is c1ccc(-c2cccc3c2Oc2ccccc2C32c3ccccc3-c3ccc(N(c4ccccc4)c4cccc5ccccc45)cc32)cc1. The molecule has 1 atom stereocenters. The van der Waals surface area contributed by atoms with Crippen molar-refractivity contribution >= 4 is 27.8 Å². The molecule has 0 saturated carbocycles. The maximum atomic E-state index is 6.93. The molecule has 2 aliphatic rings. The molecule has 1 heterocycles. The lowest BCUT2D eigenvalue weighted by molar-refractivity contribution is 0.438. The number of hydrogen-bond acceptors (Lipinski definition) is 2. The Morgan fingerprint density at radius 2 is 1.04 bits per heavy atom. The molecule has 0 aromatic heterocycles. The van der Waals surface area contributed by atoms with Crippen LogP contribution in [0.3, 0.4) is 0 Å². The van der Waals surface area contributed by atoms with Crippen molar-refractivity contribution in [3.05, 3.63) is 210 Å². The van der Waals surface area contributed by atoms with Crippen LogP contribution in [0.4, 0.5) is 17.1 Å². The van der Waals surface area contributed by atoms with Crippen molar-refractivity contribution in [1.29, 1.82) is 0 Å². The standard InChI is InChI=1S/C47H31NO/c1-3-15-33(16-4-1)37-23-14-26-42-46(37)49-45-28-12-11-25-41(45)47(42)40-24-10-9-22-38(40)39-30-29-35(31-43(39)47)48(34-19-5-2-6-20-34)44-27-13-18-32-17-7-8-21-36(32)44/h1-31H. The van der Waals surface area contributed by atoms with Crippen molar-refractivity contribution < 1.29 is 4.74 Å². The Morgan fingerprint density at radius 3 is 1.92 bits per heavy atom. The predicted octanol–water partition coefficient (Wildman–Crippen LogP) is 12.4. The van der Waals surface area contributed by atoms with Crippen molar-refractivity contribution in [3.8, 4) is 33.8 Å². The highest BCUT2D eigenvalue weighted by atomic mass is 16.5. The summed E-state index contributed by atoms with van der Waals surface area (Å²) in [6, 6.07) is 67.8. The summed E-state index contributed by atoms with van der Waals surface area (Å²) in [5, 5.41) is 2.42. The van der Waals surface area contributed by atoms with Crippen LogP contribution in [-0.4, -0.2) is 0 Å². The second kappa shape index (κ2) is 10.8. The maximum absolute atomic E-state index is 6.93. The lowest BCUT2D eigenvalue weighted by atomic mass is 9.65. The molecule has 8 aromatic carbocycles. The molecule has 0 radical (unpaired) electrons. The van der Waals surface area contributed by atoms with E-state index in [1.807, 2.05) is 0 Å². The zero-order valence-electron chi connectivity index (χ0n) is 26.8. The maximum Gasteiger partial charge on any atom is 0.140 e. The molecule has 1 unspecified atom stereocenters. The van der Waals surface area contributed by atoms with Crippen LogP contribution in [0.15, 0.2) is 188 Å². The van der Waals surface area contributed by atoms with Gasteiger partial charge in [-0.2, -0.15) is 0 Å². The summed E-state index contributed by atoms with van der Waals surface area (Å²) in [6.07, 6.45) is 0. The van der Waals surface area contributed by atoms with E-state index in [0.29, 0.717) is 0 Å². The summed E-state index contributed by atoms with van der Waals surface area (Å²) in [5.74, 6) is 1.80. The van der Waals surface area contributed by atoms with Gasteiger partial charge in [-0.25, -0.2) is 0 Å². The van der Waals surface area contributed by atoms with Crippen molar-refractivity contribution in [3.63, 3.8) is 0 Å². The van der Waals surface area contributed by atoms with E-state index in [-0.39, 0.29) is 0 Å². The average molecular weight is 626 g/mol. The fraction of sp³-hybridized carbons (Fsp3) is 0.0213. The van der Waals surface area contributed by atoms with Crippen LogP contribution in [0.5, 0.6) is 11.5 Å². The molecule has 2 heteroatoms. The molecule has 1 aliphatic heterocycles. The fourth-order valence-electron chi connectivity index (χ4n) is 8.30. The molecule has 2 nitrogen and oxygen atoms in total. The van der Waals surface area contributed by atoms with Gasteiger partial charge in [-0.15, -0.1) is 0 Å². The Hall–Kier alpha value is -6.38. The molecular weight excluding hydrogens is 595 g/mol. The first-order valence-corrected chi connectivity index (χ1v) is 16.9. The normalized spacial score (nSPS) is 15.2. The third-order valence-corrected chi connectivity index (χ3v) is 10.3.